The van der Waals surface area contributed by atoms with E-state index < -0.39 is 0 Å². The van der Waals surface area contributed by atoms with Gasteiger partial charge in [0.2, 0.25) is 0 Å². The largest absolute Gasteiger partial charge is 0.379 e. The molecule has 0 bridgehead atoms. The third kappa shape index (κ3) is 3.00. The normalized spacial score (nSPS) is 25.2. The van der Waals surface area contributed by atoms with Crippen LogP contribution in [0.4, 0.5) is 5.69 Å². The third-order valence-corrected chi connectivity index (χ3v) is 3.48. The van der Waals surface area contributed by atoms with E-state index >= 15 is 0 Å². The van der Waals surface area contributed by atoms with Gasteiger partial charge in [0, 0.05) is 25.3 Å². The molecular formula is C13H24N4. The molecule has 1 aliphatic carbocycles. The molecule has 1 saturated carbocycles. The average Bonchev–Trinajstić information content (AvgIpc) is 2.59. The second-order valence-corrected chi connectivity index (χ2v) is 5.52. The summed E-state index contributed by atoms with van der Waals surface area (Å²) in [5.41, 5.74) is 8.36. The number of anilines is 1. The Bertz CT molecular complexity index is 369. The van der Waals surface area contributed by atoms with Crippen LogP contribution in [0.3, 0.4) is 0 Å². The standard InChI is InChI=1S/C13H24N4/c1-9(2)13-12(8-17(3)16-13)15-11-6-4-5-10(14)7-11/h8-11,15H,4-7,14H2,1-3H3. The molecule has 1 heterocycles. The summed E-state index contributed by atoms with van der Waals surface area (Å²) >= 11 is 0. The monoisotopic (exact) mass is 236 g/mol. The lowest BCUT2D eigenvalue weighted by Gasteiger charge is -2.28. The first kappa shape index (κ1) is 12.4. The number of aryl methyl sites for hydroxylation is 1. The molecule has 3 N–H and O–H groups in total. The van der Waals surface area contributed by atoms with Crippen molar-refractivity contribution in [2.45, 2.75) is 57.5 Å². The van der Waals surface area contributed by atoms with E-state index in [0.29, 0.717) is 18.0 Å². The minimum absolute atomic E-state index is 0.362. The van der Waals surface area contributed by atoms with Gasteiger partial charge in [0.05, 0.1) is 11.4 Å². The van der Waals surface area contributed by atoms with Crippen molar-refractivity contribution in [1.29, 1.82) is 0 Å². The molecule has 0 aliphatic heterocycles. The van der Waals surface area contributed by atoms with Gasteiger partial charge in [0.1, 0.15) is 0 Å². The number of hydrogen-bond acceptors (Lipinski definition) is 3. The Morgan fingerprint density at radius 2 is 2.24 bits per heavy atom. The predicted molar refractivity (Wildman–Crippen MR) is 71.2 cm³/mol. The van der Waals surface area contributed by atoms with Crippen LogP contribution >= 0.6 is 0 Å². The topological polar surface area (TPSA) is 55.9 Å². The molecule has 2 rings (SSSR count). The van der Waals surface area contributed by atoms with Crippen LogP contribution in [-0.4, -0.2) is 21.9 Å². The van der Waals surface area contributed by atoms with Crippen molar-refractivity contribution in [3.8, 4) is 0 Å². The SMILES string of the molecule is CC(C)c1nn(C)cc1NC1CCCC(N)C1. The van der Waals surface area contributed by atoms with Gasteiger partial charge in [-0.05, 0) is 31.6 Å². The van der Waals surface area contributed by atoms with Crippen LogP contribution in [-0.2, 0) is 7.05 Å². The molecule has 1 aliphatic rings. The first-order valence-electron chi connectivity index (χ1n) is 6.62. The fraction of sp³-hybridized carbons (Fsp3) is 0.769. The van der Waals surface area contributed by atoms with Gasteiger partial charge in [-0.25, -0.2) is 0 Å². The molecule has 2 unspecified atom stereocenters. The fourth-order valence-corrected chi connectivity index (χ4v) is 2.62. The van der Waals surface area contributed by atoms with Gasteiger partial charge in [0.15, 0.2) is 0 Å². The summed E-state index contributed by atoms with van der Waals surface area (Å²) in [6, 6.07) is 0.876. The van der Waals surface area contributed by atoms with E-state index in [9.17, 15) is 0 Å². The van der Waals surface area contributed by atoms with E-state index in [1.165, 1.54) is 24.9 Å². The van der Waals surface area contributed by atoms with Crippen LogP contribution in [0.2, 0.25) is 0 Å². The van der Waals surface area contributed by atoms with Crippen molar-refractivity contribution >= 4 is 5.69 Å². The Morgan fingerprint density at radius 3 is 2.88 bits per heavy atom. The lowest BCUT2D eigenvalue weighted by Crippen LogP contribution is -2.35. The molecule has 2 atom stereocenters. The minimum atomic E-state index is 0.362. The Balaban J connectivity index is 2.07. The molecule has 1 fully saturated rings. The molecule has 17 heavy (non-hydrogen) atoms. The van der Waals surface area contributed by atoms with Crippen molar-refractivity contribution in [1.82, 2.24) is 9.78 Å². The van der Waals surface area contributed by atoms with Crippen molar-refractivity contribution in [3.63, 3.8) is 0 Å². The zero-order chi connectivity index (χ0) is 12.4. The van der Waals surface area contributed by atoms with E-state index in [4.69, 9.17) is 5.73 Å². The van der Waals surface area contributed by atoms with E-state index in [1.54, 1.807) is 0 Å². The fourth-order valence-electron chi connectivity index (χ4n) is 2.62. The summed E-state index contributed by atoms with van der Waals surface area (Å²) in [5, 5.41) is 8.14. The summed E-state index contributed by atoms with van der Waals surface area (Å²) in [7, 11) is 1.98. The molecule has 0 radical (unpaired) electrons. The Morgan fingerprint density at radius 1 is 1.47 bits per heavy atom. The molecule has 0 saturated heterocycles. The first-order valence-corrected chi connectivity index (χ1v) is 6.62. The number of rotatable bonds is 3. The average molecular weight is 236 g/mol. The lowest BCUT2D eigenvalue weighted by atomic mass is 9.91. The second-order valence-electron chi connectivity index (χ2n) is 5.52. The Labute approximate surface area is 104 Å². The molecule has 4 heteroatoms. The summed E-state index contributed by atoms with van der Waals surface area (Å²) in [6.07, 6.45) is 6.78. The highest BCUT2D eigenvalue weighted by atomic mass is 15.3. The molecule has 4 nitrogen and oxygen atoms in total. The van der Waals surface area contributed by atoms with Gasteiger partial charge in [-0.3, -0.25) is 4.68 Å². The van der Waals surface area contributed by atoms with Gasteiger partial charge < -0.3 is 11.1 Å². The van der Waals surface area contributed by atoms with E-state index in [2.05, 4.69) is 30.5 Å². The lowest BCUT2D eigenvalue weighted by molar-refractivity contribution is 0.409. The smallest absolute Gasteiger partial charge is 0.0881 e. The van der Waals surface area contributed by atoms with E-state index in [1.807, 2.05) is 11.7 Å². The quantitative estimate of drug-likeness (QED) is 0.846. The highest BCUT2D eigenvalue weighted by Gasteiger charge is 2.21. The zero-order valence-electron chi connectivity index (χ0n) is 11.1. The van der Waals surface area contributed by atoms with Crippen molar-refractivity contribution in [2.24, 2.45) is 12.8 Å². The maximum absolute atomic E-state index is 6.02. The summed E-state index contributed by atoms with van der Waals surface area (Å²) in [5.74, 6) is 0.455. The van der Waals surface area contributed by atoms with Crippen LogP contribution in [0.15, 0.2) is 6.20 Å². The molecule has 0 amide bonds. The van der Waals surface area contributed by atoms with Gasteiger partial charge in [-0.2, -0.15) is 5.10 Å². The van der Waals surface area contributed by atoms with Crippen molar-refractivity contribution < 1.29 is 0 Å². The molecule has 96 valence electrons. The molecular weight excluding hydrogens is 212 g/mol. The summed E-state index contributed by atoms with van der Waals surface area (Å²) < 4.78 is 1.89. The van der Waals surface area contributed by atoms with Crippen molar-refractivity contribution in [3.05, 3.63) is 11.9 Å². The summed E-state index contributed by atoms with van der Waals surface area (Å²) in [6.45, 7) is 4.36. The third-order valence-electron chi connectivity index (χ3n) is 3.48. The van der Waals surface area contributed by atoms with Crippen LogP contribution < -0.4 is 11.1 Å². The van der Waals surface area contributed by atoms with Gasteiger partial charge in [0.25, 0.3) is 0 Å². The number of aromatic nitrogens is 2. The number of nitrogens with two attached hydrogens (primary N) is 1. The molecule has 1 aromatic heterocycles. The number of nitrogens with zero attached hydrogens (tertiary/aromatic N) is 2. The molecule has 0 aromatic carbocycles. The van der Waals surface area contributed by atoms with E-state index in [-0.39, 0.29) is 0 Å². The second kappa shape index (κ2) is 5.08. The van der Waals surface area contributed by atoms with Gasteiger partial charge in [-0.1, -0.05) is 13.8 Å². The minimum Gasteiger partial charge on any atom is -0.379 e. The highest BCUT2D eigenvalue weighted by molar-refractivity contribution is 5.48. The molecule has 0 spiro atoms. The number of nitrogens with one attached hydrogen (secondary N) is 1. The first-order chi connectivity index (χ1) is 8.06. The van der Waals surface area contributed by atoms with Crippen LogP contribution in [0.25, 0.3) is 0 Å². The van der Waals surface area contributed by atoms with Gasteiger partial charge >= 0.3 is 0 Å². The highest BCUT2D eigenvalue weighted by Crippen LogP contribution is 2.26. The predicted octanol–water partition coefficient (Wildman–Crippen LogP) is 2.23. The van der Waals surface area contributed by atoms with Gasteiger partial charge in [-0.15, -0.1) is 0 Å². The Hall–Kier alpha value is -1.03. The van der Waals surface area contributed by atoms with Crippen LogP contribution in [0.1, 0.15) is 51.1 Å². The van der Waals surface area contributed by atoms with Crippen molar-refractivity contribution in [2.75, 3.05) is 5.32 Å². The summed E-state index contributed by atoms with van der Waals surface area (Å²) in [4.78, 5) is 0. The number of hydrogen-bond donors (Lipinski definition) is 2. The maximum atomic E-state index is 6.02. The van der Waals surface area contributed by atoms with Crippen LogP contribution in [0.5, 0.6) is 0 Å². The Kier molecular flexibility index (Phi) is 3.72. The van der Waals surface area contributed by atoms with Crippen LogP contribution in [0, 0.1) is 0 Å². The zero-order valence-corrected chi connectivity index (χ0v) is 11.1. The maximum Gasteiger partial charge on any atom is 0.0881 e. The van der Waals surface area contributed by atoms with E-state index in [0.717, 1.165) is 12.1 Å². The molecule has 1 aromatic rings.